The van der Waals surface area contributed by atoms with Crippen LogP contribution in [-0.2, 0) is 13.0 Å². The molecule has 4 heteroatoms. The Bertz CT molecular complexity index is 468. The highest BCUT2D eigenvalue weighted by molar-refractivity contribution is 9.10. The molecule has 2 rings (SSSR count). The summed E-state index contributed by atoms with van der Waals surface area (Å²) in [5.74, 6) is 0.800. The molecule has 0 amide bonds. The molecule has 0 radical (unpaired) electrons. The van der Waals surface area contributed by atoms with E-state index in [0.717, 1.165) is 22.2 Å². The summed E-state index contributed by atoms with van der Waals surface area (Å²) in [5, 5.41) is 11.2. The Balaban J connectivity index is 1.90. The molecule has 0 spiro atoms. The van der Waals surface area contributed by atoms with Crippen LogP contribution in [0.5, 0.6) is 5.75 Å². The Labute approximate surface area is 113 Å². The van der Waals surface area contributed by atoms with Gasteiger partial charge >= 0.3 is 0 Å². The molecule has 1 aromatic heterocycles. The number of thiophene rings is 1. The minimum absolute atomic E-state index is 0.0166. The smallest absolute Gasteiger partial charge is 0.119 e. The monoisotopic (exact) mass is 312 g/mol. The summed E-state index contributed by atoms with van der Waals surface area (Å²) in [7, 11) is 0. The van der Waals surface area contributed by atoms with E-state index in [-0.39, 0.29) is 6.61 Å². The highest BCUT2D eigenvalue weighted by atomic mass is 79.9. The number of benzene rings is 1. The maximum atomic E-state index is 9.13. The van der Waals surface area contributed by atoms with Crippen LogP contribution in [-0.4, -0.2) is 11.7 Å². The van der Waals surface area contributed by atoms with E-state index in [1.807, 2.05) is 24.3 Å². The maximum Gasteiger partial charge on any atom is 0.119 e. The Kier molecular flexibility index (Phi) is 4.59. The van der Waals surface area contributed by atoms with Gasteiger partial charge in [0.15, 0.2) is 0 Å². The SMILES string of the molecule is OCc1cc(OCCc2cccs2)ccc1Br. The zero-order valence-corrected chi connectivity index (χ0v) is 11.6. The topological polar surface area (TPSA) is 29.5 Å². The summed E-state index contributed by atoms with van der Waals surface area (Å²) < 4.78 is 6.56. The lowest BCUT2D eigenvalue weighted by Gasteiger charge is -2.07. The molecule has 2 aromatic rings. The highest BCUT2D eigenvalue weighted by Gasteiger charge is 2.02. The molecule has 90 valence electrons. The Morgan fingerprint density at radius 1 is 1.29 bits per heavy atom. The molecule has 0 saturated carbocycles. The van der Waals surface area contributed by atoms with E-state index in [1.54, 1.807) is 11.3 Å². The van der Waals surface area contributed by atoms with Gasteiger partial charge in [0, 0.05) is 15.8 Å². The van der Waals surface area contributed by atoms with Gasteiger partial charge < -0.3 is 9.84 Å². The Morgan fingerprint density at radius 3 is 2.88 bits per heavy atom. The number of ether oxygens (including phenoxy) is 1. The highest BCUT2D eigenvalue weighted by Crippen LogP contribution is 2.22. The third-order valence-electron chi connectivity index (χ3n) is 2.38. The molecule has 0 bridgehead atoms. The van der Waals surface area contributed by atoms with Gasteiger partial charge in [-0.3, -0.25) is 0 Å². The first-order chi connectivity index (χ1) is 8.29. The van der Waals surface area contributed by atoms with Crippen LogP contribution in [0, 0.1) is 0 Å². The fourth-order valence-corrected chi connectivity index (χ4v) is 2.55. The van der Waals surface area contributed by atoms with Crippen molar-refractivity contribution in [1.29, 1.82) is 0 Å². The molecule has 17 heavy (non-hydrogen) atoms. The number of aliphatic hydroxyl groups excluding tert-OH is 1. The number of hydrogen-bond donors (Lipinski definition) is 1. The molecule has 0 fully saturated rings. The van der Waals surface area contributed by atoms with Gasteiger partial charge in [-0.25, -0.2) is 0 Å². The van der Waals surface area contributed by atoms with Crippen LogP contribution in [0.15, 0.2) is 40.2 Å². The minimum Gasteiger partial charge on any atom is -0.493 e. The first-order valence-electron chi connectivity index (χ1n) is 5.34. The van der Waals surface area contributed by atoms with Crippen molar-refractivity contribution in [2.24, 2.45) is 0 Å². The Hall–Kier alpha value is -0.840. The van der Waals surface area contributed by atoms with Crippen LogP contribution >= 0.6 is 27.3 Å². The molecule has 1 heterocycles. The molecule has 1 aromatic carbocycles. The fourth-order valence-electron chi connectivity index (χ4n) is 1.49. The molecule has 2 nitrogen and oxygen atoms in total. The first kappa shape index (κ1) is 12.6. The molecule has 0 aliphatic heterocycles. The van der Waals surface area contributed by atoms with E-state index < -0.39 is 0 Å². The zero-order valence-electron chi connectivity index (χ0n) is 9.23. The maximum absolute atomic E-state index is 9.13. The molecule has 0 atom stereocenters. The average Bonchev–Trinajstić information content (AvgIpc) is 2.84. The summed E-state index contributed by atoms with van der Waals surface area (Å²) in [4.78, 5) is 1.32. The van der Waals surface area contributed by atoms with Crippen LogP contribution in [0.3, 0.4) is 0 Å². The normalized spacial score (nSPS) is 10.5. The van der Waals surface area contributed by atoms with Crippen molar-refractivity contribution in [3.63, 3.8) is 0 Å². The van der Waals surface area contributed by atoms with Crippen molar-refractivity contribution in [3.05, 3.63) is 50.6 Å². The summed E-state index contributed by atoms with van der Waals surface area (Å²) >= 11 is 5.12. The largest absolute Gasteiger partial charge is 0.493 e. The van der Waals surface area contributed by atoms with Crippen LogP contribution in [0.4, 0.5) is 0 Å². The number of hydrogen-bond acceptors (Lipinski definition) is 3. The predicted molar refractivity (Wildman–Crippen MR) is 73.6 cm³/mol. The molecule has 0 saturated heterocycles. The van der Waals surface area contributed by atoms with Crippen molar-refractivity contribution in [2.75, 3.05) is 6.61 Å². The second kappa shape index (κ2) is 6.19. The molecule has 0 aliphatic rings. The first-order valence-corrected chi connectivity index (χ1v) is 7.01. The van der Waals surface area contributed by atoms with Crippen molar-refractivity contribution in [1.82, 2.24) is 0 Å². The lowest BCUT2D eigenvalue weighted by molar-refractivity contribution is 0.278. The number of halogens is 1. The fraction of sp³-hybridized carbons (Fsp3) is 0.231. The van der Waals surface area contributed by atoms with Crippen molar-refractivity contribution >= 4 is 27.3 Å². The second-order valence-electron chi connectivity index (χ2n) is 3.59. The zero-order chi connectivity index (χ0) is 12.1. The van der Waals surface area contributed by atoms with Gasteiger partial charge in [0.05, 0.1) is 13.2 Å². The lowest BCUT2D eigenvalue weighted by atomic mass is 10.2. The van der Waals surface area contributed by atoms with E-state index in [4.69, 9.17) is 9.84 Å². The third kappa shape index (κ3) is 3.56. The predicted octanol–water partition coefficient (Wildman–Crippen LogP) is 3.62. The van der Waals surface area contributed by atoms with E-state index in [2.05, 4.69) is 27.4 Å². The molecular formula is C13H13BrO2S. The van der Waals surface area contributed by atoms with Gasteiger partial charge in [-0.2, -0.15) is 0 Å². The van der Waals surface area contributed by atoms with Crippen LogP contribution in [0.2, 0.25) is 0 Å². The number of rotatable bonds is 5. The van der Waals surface area contributed by atoms with Crippen LogP contribution < -0.4 is 4.74 Å². The van der Waals surface area contributed by atoms with Crippen molar-refractivity contribution < 1.29 is 9.84 Å². The third-order valence-corrected chi connectivity index (χ3v) is 4.09. The average molecular weight is 313 g/mol. The van der Waals surface area contributed by atoms with Gasteiger partial charge in [0.25, 0.3) is 0 Å². The van der Waals surface area contributed by atoms with Gasteiger partial charge in [-0.1, -0.05) is 22.0 Å². The summed E-state index contributed by atoms with van der Waals surface area (Å²) in [5.41, 5.74) is 0.846. The Morgan fingerprint density at radius 2 is 2.18 bits per heavy atom. The number of aliphatic hydroxyl groups is 1. The quantitative estimate of drug-likeness (QED) is 0.913. The van der Waals surface area contributed by atoms with E-state index >= 15 is 0 Å². The van der Waals surface area contributed by atoms with Gasteiger partial charge in [-0.05, 0) is 35.2 Å². The standard InChI is InChI=1S/C13H13BrO2S/c14-13-4-3-11(8-10(13)9-15)16-6-5-12-2-1-7-17-12/h1-4,7-8,15H,5-6,9H2. The van der Waals surface area contributed by atoms with Crippen molar-refractivity contribution in [3.8, 4) is 5.75 Å². The minimum atomic E-state index is 0.0166. The summed E-state index contributed by atoms with van der Waals surface area (Å²) in [6, 6.07) is 9.81. The summed E-state index contributed by atoms with van der Waals surface area (Å²) in [6.45, 7) is 0.676. The molecule has 0 aliphatic carbocycles. The summed E-state index contributed by atoms with van der Waals surface area (Å²) in [6.07, 6.45) is 0.919. The van der Waals surface area contributed by atoms with Gasteiger partial charge in [0.1, 0.15) is 5.75 Å². The van der Waals surface area contributed by atoms with E-state index in [9.17, 15) is 0 Å². The lowest BCUT2D eigenvalue weighted by Crippen LogP contribution is -2.00. The van der Waals surface area contributed by atoms with Crippen molar-refractivity contribution in [2.45, 2.75) is 13.0 Å². The molecular weight excluding hydrogens is 300 g/mol. The van der Waals surface area contributed by atoms with Crippen LogP contribution in [0.25, 0.3) is 0 Å². The van der Waals surface area contributed by atoms with E-state index in [0.29, 0.717) is 6.61 Å². The van der Waals surface area contributed by atoms with E-state index in [1.165, 1.54) is 4.88 Å². The second-order valence-corrected chi connectivity index (χ2v) is 5.48. The van der Waals surface area contributed by atoms with Gasteiger partial charge in [-0.15, -0.1) is 11.3 Å². The van der Waals surface area contributed by atoms with Gasteiger partial charge in [0.2, 0.25) is 0 Å². The van der Waals surface area contributed by atoms with Crippen LogP contribution in [0.1, 0.15) is 10.4 Å². The molecule has 1 N–H and O–H groups in total. The molecule has 0 unspecified atom stereocenters.